The molecule has 0 saturated carbocycles. The van der Waals surface area contributed by atoms with Crippen molar-refractivity contribution in [1.82, 2.24) is 10.2 Å². The molecule has 0 aromatic rings. The summed E-state index contributed by atoms with van der Waals surface area (Å²) in [7, 11) is 0. The fourth-order valence-electron chi connectivity index (χ4n) is 1.12. The van der Waals surface area contributed by atoms with Gasteiger partial charge in [-0.15, -0.1) is 0 Å². The number of carboxylic acids is 1. The maximum atomic E-state index is 11.6. The van der Waals surface area contributed by atoms with Crippen LogP contribution in [0, 0.1) is 0 Å². The molecule has 1 unspecified atom stereocenters. The van der Waals surface area contributed by atoms with Gasteiger partial charge in [-0.3, -0.25) is 0 Å². The summed E-state index contributed by atoms with van der Waals surface area (Å²) in [6.45, 7) is 8.09. The van der Waals surface area contributed by atoms with Crippen molar-refractivity contribution < 1.29 is 14.7 Å². The van der Waals surface area contributed by atoms with Crippen LogP contribution in [-0.4, -0.2) is 40.6 Å². The second kappa shape index (κ2) is 5.58. The number of amides is 2. The first-order chi connectivity index (χ1) is 6.91. The van der Waals surface area contributed by atoms with Crippen molar-refractivity contribution in [2.75, 3.05) is 13.1 Å². The zero-order valence-electron chi connectivity index (χ0n) is 9.83. The first-order valence-corrected chi connectivity index (χ1v) is 5.21. The van der Waals surface area contributed by atoms with Crippen LogP contribution in [0.1, 0.15) is 34.1 Å². The Kier molecular flexibility index (Phi) is 5.11. The number of carbonyl (C=O) groups excluding carboxylic acids is 1. The van der Waals surface area contributed by atoms with Crippen LogP contribution in [0.4, 0.5) is 4.79 Å². The molecular weight excluding hydrogens is 196 g/mol. The number of hydrogen-bond donors (Lipinski definition) is 2. The van der Waals surface area contributed by atoms with Crippen molar-refractivity contribution in [3.63, 3.8) is 0 Å². The largest absolute Gasteiger partial charge is 0.480 e. The van der Waals surface area contributed by atoms with Gasteiger partial charge < -0.3 is 15.3 Å². The normalized spacial score (nSPS) is 14.1. The van der Waals surface area contributed by atoms with Crippen LogP contribution in [0.3, 0.4) is 0 Å². The van der Waals surface area contributed by atoms with Gasteiger partial charge in [-0.1, -0.05) is 6.92 Å². The Labute approximate surface area is 90.5 Å². The number of hydrogen-bond acceptors (Lipinski definition) is 2. The molecule has 0 radical (unpaired) electrons. The molecule has 1 atom stereocenters. The van der Waals surface area contributed by atoms with Crippen molar-refractivity contribution >= 4 is 12.0 Å². The van der Waals surface area contributed by atoms with E-state index in [1.807, 2.05) is 13.8 Å². The van der Waals surface area contributed by atoms with Crippen molar-refractivity contribution in [3.05, 3.63) is 0 Å². The summed E-state index contributed by atoms with van der Waals surface area (Å²) in [5.74, 6) is -1.01. The molecule has 0 aromatic heterocycles. The number of carbonyl (C=O) groups is 2. The quantitative estimate of drug-likeness (QED) is 0.727. The number of urea groups is 1. The summed E-state index contributed by atoms with van der Waals surface area (Å²) in [6.07, 6.45) is 0.356. The van der Waals surface area contributed by atoms with Gasteiger partial charge >= 0.3 is 12.0 Å². The fraction of sp³-hybridized carbons (Fsp3) is 0.800. The molecule has 2 amide bonds. The topological polar surface area (TPSA) is 69.6 Å². The zero-order valence-corrected chi connectivity index (χ0v) is 9.83. The lowest BCUT2D eigenvalue weighted by atomic mass is 10.00. The first kappa shape index (κ1) is 13.7. The predicted octanol–water partition coefficient (Wildman–Crippen LogP) is 1.29. The minimum absolute atomic E-state index is 0.327. The molecule has 0 aliphatic heterocycles. The number of rotatable bonds is 5. The summed E-state index contributed by atoms with van der Waals surface area (Å²) in [5, 5.41) is 11.5. The molecule has 0 aliphatic carbocycles. The molecule has 0 aromatic carbocycles. The Hall–Kier alpha value is -1.26. The maximum absolute atomic E-state index is 11.6. The second-order valence-electron chi connectivity index (χ2n) is 3.59. The fourth-order valence-corrected chi connectivity index (χ4v) is 1.12. The lowest BCUT2D eigenvalue weighted by molar-refractivity contribution is -0.143. The summed E-state index contributed by atoms with van der Waals surface area (Å²) in [5.41, 5.74) is -1.18. The number of nitrogens with one attached hydrogen (secondary N) is 1. The van der Waals surface area contributed by atoms with Crippen molar-refractivity contribution in [3.8, 4) is 0 Å². The van der Waals surface area contributed by atoms with E-state index in [2.05, 4.69) is 5.32 Å². The molecule has 0 saturated heterocycles. The van der Waals surface area contributed by atoms with E-state index in [-0.39, 0.29) is 6.03 Å². The SMILES string of the molecule is CCN(CC)C(=O)NC(C)(CC)C(=O)O. The van der Waals surface area contributed by atoms with Gasteiger partial charge in [0.25, 0.3) is 0 Å². The highest BCUT2D eigenvalue weighted by Crippen LogP contribution is 2.09. The van der Waals surface area contributed by atoms with Gasteiger partial charge in [-0.2, -0.15) is 0 Å². The summed E-state index contributed by atoms with van der Waals surface area (Å²) < 4.78 is 0. The van der Waals surface area contributed by atoms with E-state index in [1.165, 1.54) is 6.92 Å². The third-order valence-corrected chi connectivity index (χ3v) is 2.61. The summed E-state index contributed by atoms with van der Waals surface area (Å²) >= 11 is 0. The Morgan fingerprint density at radius 3 is 2.00 bits per heavy atom. The number of aliphatic carboxylic acids is 1. The molecule has 5 nitrogen and oxygen atoms in total. The highest BCUT2D eigenvalue weighted by atomic mass is 16.4. The van der Waals surface area contributed by atoms with Crippen LogP contribution in [-0.2, 0) is 4.79 Å². The van der Waals surface area contributed by atoms with Crippen LogP contribution in [0.2, 0.25) is 0 Å². The average Bonchev–Trinajstić information content (AvgIpc) is 2.19. The highest BCUT2D eigenvalue weighted by molar-refractivity contribution is 5.85. The molecule has 88 valence electrons. The molecule has 2 N–H and O–H groups in total. The Balaban J connectivity index is 4.56. The molecule has 5 heteroatoms. The molecule has 0 bridgehead atoms. The van der Waals surface area contributed by atoms with Gasteiger partial charge in [-0.05, 0) is 27.2 Å². The zero-order chi connectivity index (χ0) is 12.1. The predicted molar refractivity (Wildman–Crippen MR) is 57.8 cm³/mol. The lowest BCUT2D eigenvalue weighted by Gasteiger charge is -2.28. The van der Waals surface area contributed by atoms with Gasteiger partial charge in [0.15, 0.2) is 0 Å². The number of nitrogens with zero attached hydrogens (tertiary/aromatic N) is 1. The molecular formula is C10H20N2O3. The Morgan fingerprint density at radius 1 is 1.27 bits per heavy atom. The lowest BCUT2D eigenvalue weighted by Crippen LogP contribution is -2.55. The standard InChI is InChI=1S/C10H20N2O3/c1-5-10(4,8(13)14)11-9(15)12(6-2)7-3/h5-7H2,1-4H3,(H,11,15)(H,13,14). The molecule has 0 aliphatic rings. The van der Waals surface area contributed by atoms with Gasteiger partial charge in [0, 0.05) is 13.1 Å². The minimum atomic E-state index is -1.18. The minimum Gasteiger partial charge on any atom is -0.480 e. The monoisotopic (exact) mass is 216 g/mol. The van der Waals surface area contributed by atoms with Crippen LogP contribution in [0.5, 0.6) is 0 Å². The van der Waals surface area contributed by atoms with Crippen molar-refractivity contribution in [2.24, 2.45) is 0 Å². The highest BCUT2D eigenvalue weighted by Gasteiger charge is 2.33. The molecule has 0 rings (SSSR count). The summed E-state index contributed by atoms with van der Waals surface area (Å²) in [6, 6.07) is -0.327. The average molecular weight is 216 g/mol. The van der Waals surface area contributed by atoms with Crippen molar-refractivity contribution in [1.29, 1.82) is 0 Å². The molecule has 0 fully saturated rings. The molecule has 15 heavy (non-hydrogen) atoms. The number of carboxylic acid groups (broad SMARTS) is 1. The van der Waals surface area contributed by atoms with Crippen LogP contribution in [0.25, 0.3) is 0 Å². The Bertz CT molecular complexity index is 239. The van der Waals surface area contributed by atoms with Crippen LogP contribution in [0.15, 0.2) is 0 Å². The van der Waals surface area contributed by atoms with Gasteiger partial charge in [0.2, 0.25) is 0 Å². The maximum Gasteiger partial charge on any atom is 0.329 e. The van der Waals surface area contributed by atoms with E-state index in [4.69, 9.17) is 5.11 Å². The third kappa shape index (κ3) is 3.42. The van der Waals surface area contributed by atoms with E-state index >= 15 is 0 Å². The van der Waals surface area contributed by atoms with E-state index in [0.717, 1.165) is 0 Å². The Morgan fingerprint density at radius 2 is 1.73 bits per heavy atom. The summed E-state index contributed by atoms with van der Waals surface area (Å²) in [4.78, 5) is 24.1. The van der Waals surface area contributed by atoms with E-state index in [1.54, 1.807) is 11.8 Å². The van der Waals surface area contributed by atoms with E-state index in [9.17, 15) is 9.59 Å². The van der Waals surface area contributed by atoms with E-state index < -0.39 is 11.5 Å². The molecule has 0 spiro atoms. The third-order valence-electron chi connectivity index (χ3n) is 2.61. The smallest absolute Gasteiger partial charge is 0.329 e. The second-order valence-corrected chi connectivity index (χ2v) is 3.59. The van der Waals surface area contributed by atoms with Gasteiger partial charge in [0.05, 0.1) is 0 Å². The van der Waals surface area contributed by atoms with Gasteiger partial charge in [0.1, 0.15) is 5.54 Å². The first-order valence-electron chi connectivity index (χ1n) is 5.21. The van der Waals surface area contributed by atoms with Crippen molar-refractivity contribution in [2.45, 2.75) is 39.7 Å². The van der Waals surface area contributed by atoms with E-state index in [0.29, 0.717) is 19.5 Å². The van der Waals surface area contributed by atoms with Crippen LogP contribution < -0.4 is 5.32 Å². The van der Waals surface area contributed by atoms with Crippen LogP contribution >= 0.6 is 0 Å². The van der Waals surface area contributed by atoms with Gasteiger partial charge in [-0.25, -0.2) is 9.59 Å². The molecule has 0 heterocycles.